The maximum absolute atomic E-state index is 4.46. The molecule has 1 aromatic rings. The van der Waals surface area contributed by atoms with Gasteiger partial charge in [-0.15, -0.1) is 35.3 Å². The first-order chi connectivity index (χ1) is 8.38. The standard InChI is InChI=1S/C12H18S6/c1-7(13)16-10-4-5-11(17-8(2)14)12(6-10)18-9(3)15/h4-9,13-15H,1-3H3. The third kappa shape index (κ3) is 6.66. The second kappa shape index (κ2) is 8.57. The summed E-state index contributed by atoms with van der Waals surface area (Å²) in [6.45, 7) is 6.26. The van der Waals surface area contributed by atoms with Gasteiger partial charge in [-0.25, -0.2) is 0 Å². The lowest BCUT2D eigenvalue weighted by molar-refractivity contribution is 1.17. The van der Waals surface area contributed by atoms with Gasteiger partial charge in [-0.2, -0.15) is 37.9 Å². The van der Waals surface area contributed by atoms with Crippen LogP contribution in [0.25, 0.3) is 0 Å². The predicted molar refractivity (Wildman–Crippen MR) is 99.4 cm³/mol. The average molecular weight is 355 g/mol. The Morgan fingerprint density at radius 2 is 1.28 bits per heavy atom. The molecule has 3 atom stereocenters. The molecule has 0 spiro atoms. The summed E-state index contributed by atoms with van der Waals surface area (Å²) in [5.41, 5.74) is 0. The smallest absolute Gasteiger partial charge is 0.0491 e. The van der Waals surface area contributed by atoms with Crippen LogP contribution in [0.4, 0.5) is 0 Å². The molecule has 0 aliphatic carbocycles. The highest BCUT2D eigenvalue weighted by Crippen LogP contribution is 2.40. The van der Waals surface area contributed by atoms with Crippen LogP contribution in [0.2, 0.25) is 0 Å². The van der Waals surface area contributed by atoms with Gasteiger partial charge < -0.3 is 0 Å². The molecule has 0 N–H and O–H groups in total. The molecule has 0 radical (unpaired) electrons. The summed E-state index contributed by atoms with van der Waals surface area (Å²) in [5.74, 6) is 0. The molecule has 0 heterocycles. The van der Waals surface area contributed by atoms with E-state index < -0.39 is 0 Å². The number of hydrogen-bond donors (Lipinski definition) is 3. The average Bonchev–Trinajstić information content (AvgIpc) is 2.19. The van der Waals surface area contributed by atoms with Crippen molar-refractivity contribution in [2.45, 2.75) is 49.2 Å². The van der Waals surface area contributed by atoms with Crippen LogP contribution < -0.4 is 0 Å². The fourth-order valence-corrected chi connectivity index (χ4v) is 4.89. The first-order valence-electron chi connectivity index (χ1n) is 5.56. The van der Waals surface area contributed by atoms with Gasteiger partial charge in [0.05, 0.1) is 0 Å². The summed E-state index contributed by atoms with van der Waals surface area (Å²) >= 11 is 18.6. The Morgan fingerprint density at radius 1 is 0.778 bits per heavy atom. The molecule has 0 aromatic heterocycles. The largest absolute Gasteiger partial charge is 0.165 e. The zero-order valence-corrected chi connectivity index (χ0v) is 15.7. The predicted octanol–water partition coefficient (Wildman–Crippen LogP) is 5.79. The van der Waals surface area contributed by atoms with E-state index in [1.54, 1.807) is 35.3 Å². The molecule has 102 valence electrons. The monoisotopic (exact) mass is 354 g/mol. The third-order valence-electron chi connectivity index (χ3n) is 1.82. The highest BCUT2D eigenvalue weighted by atomic mass is 32.2. The van der Waals surface area contributed by atoms with E-state index in [2.05, 4.69) is 76.9 Å². The van der Waals surface area contributed by atoms with Crippen LogP contribution in [0.15, 0.2) is 32.9 Å². The van der Waals surface area contributed by atoms with Crippen molar-refractivity contribution >= 4 is 73.2 Å². The van der Waals surface area contributed by atoms with E-state index >= 15 is 0 Å². The van der Waals surface area contributed by atoms with Gasteiger partial charge in [0, 0.05) is 28.4 Å². The number of thiol groups is 3. The van der Waals surface area contributed by atoms with Gasteiger partial charge in [0.2, 0.25) is 0 Å². The Kier molecular flexibility index (Phi) is 8.27. The lowest BCUT2D eigenvalue weighted by Crippen LogP contribution is -1.90. The zero-order chi connectivity index (χ0) is 13.7. The molecular weight excluding hydrogens is 337 g/mol. The maximum atomic E-state index is 4.46. The highest BCUT2D eigenvalue weighted by molar-refractivity contribution is 8.12. The van der Waals surface area contributed by atoms with E-state index in [1.807, 2.05) is 0 Å². The molecule has 0 saturated carbocycles. The molecule has 0 amide bonds. The van der Waals surface area contributed by atoms with Crippen LogP contribution in [-0.4, -0.2) is 13.7 Å². The summed E-state index contributed by atoms with van der Waals surface area (Å²) in [7, 11) is 0. The molecule has 0 nitrogen and oxygen atoms in total. The quantitative estimate of drug-likeness (QED) is 0.336. The van der Waals surface area contributed by atoms with Crippen LogP contribution in [-0.2, 0) is 0 Å². The van der Waals surface area contributed by atoms with Crippen molar-refractivity contribution in [2.24, 2.45) is 0 Å². The minimum Gasteiger partial charge on any atom is -0.165 e. The van der Waals surface area contributed by atoms with Crippen molar-refractivity contribution in [3.63, 3.8) is 0 Å². The Balaban J connectivity index is 2.96. The van der Waals surface area contributed by atoms with Gasteiger partial charge >= 0.3 is 0 Å². The second-order valence-corrected chi connectivity index (χ2v) is 11.3. The third-order valence-corrected chi connectivity index (χ3v) is 5.65. The Hall–Kier alpha value is 1.32. The zero-order valence-electron chi connectivity index (χ0n) is 10.5. The van der Waals surface area contributed by atoms with Crippen molar-refractivity contribution in [1.82, 2.24) is 0 Å². The van der Waals surface area contributed by atoms with E-state index in [9.17, 15) is 0 Å². The molecule has 0 bridgehead atoms. The van der Waals surface area contributed by atoms with Gasteiger partial charge in [-0.05, 0) is 39.0 Å². The normalized spacial score (nSPS) is 16.3. The molecule has 0 fully saturated rings. The fourth-order valence-electron chi connectivity index (χ4n) is 1.32. The number of hydrogen-bond acceptors (Lipinski definition) is 6. The van der Waals surface area contributed by atoms with E-state index in [0.717, 1.165) is 0 Å². The molecule has 0 saturated heterocycles. The summed E-state index contributed by atoms with van der Waals surface area (Å²) in [6.07, 6.45) is 0. The SMILES string of the molecule is CC(S)Sc1ccc(SC(C)S)c(SC(C)S)c1. The minimum atomic E-state index is 0.285. The lowest BCUT2D eigenvalue weighted by atomic mass is 10.4. The van der Waals surface area contributed by atoms with Crippen molar-refractivity contribution < 1.29 is 0 Å². The minimum absolute atomic E-state index is 0.285. The molecule has 1 aromatic carbocycles. The van der Waals surface area contributed by atoms with Gasteiger partial charge in [0.15, 0.2) is 0 Å². The Bertz CT molecular complexity index is 375. The van der Waals surface area contributed by atoms with Crippen molar-refractivity contribution in [1.29, 1.82) is 0 Å². The lowest BCUT2D eigenvalue weighted by Gasteiger charge is -2.14. The highest BCUT2D eigenvalue weighted by Gasteiger charge is 2.10. The summed E-state index contributed by atoms with van der Waals surface area (Å²) in [6, 6.07) is 6.56. The number of rotatable bonds is 6. The van der Waals surface area contributed by atoms with Crippen LogP contribution in [0.3, 0.4) is 0 Å². The van der Waals surface area contributed by atoms with E-state index in [0.29, 0.717) is 9.16 Å². The van der Waals surface area contributed by atoms with Crippen LogP contribution in [0.5, 0.6) is 0 Å². The van der Waals surface area contributed by atoms with Gasteiger partial charge in [-0.1, -0.05) is 0 Å². The maximum Gasteiger partial charge on any atom is 0.0491 e. The van der Waals surface area contributed by atoms with Crippen molar-refractivity contribution in [2.75, 3.05) is 0 Å². The van der Waals surface area contributed by atoms with E-state index in [1.165, 1.54) is 14.7 Å². The Morgan fingerprint density at radius 3 is 1.78 bits per heavy atom. The number of benzene rings is 1. The van der Waals surface area contributed by atoms with Crippen molar-refractivity contribution in [3.8, 4) is 0 Å². The van der Waals surface area contributed by atoms with Gasteiger partial charge in [-0.3, -0.25) is 0 Å². The summed E-state index contributed by atoms with van der Waals surface area (Å²) in [5, 5.41) is 0. The molecule has 3 unspecified atom stereocenters. The van der Waals surface area contributed by atoms with Crippen LogP contribution in [0, 0.1) is 0 Å². The van der Waals surface area contributed by atoms with Crippen molar-refractivity contribution in [3.05, 3.63) is 18.2 Å². The summed E-state index contributed by atoms with van der Waals surface area (Å²) < 4.78 is 0.883. The molecule has 6 heteroatoms. The molecule has 1 rings (SSSR count). The van der Waals surface area contributed by atoms with Crippen LogP contribution >= 0.6 is 73.2 Å². The van der Waals surface area contributed by atoms with Gasteiger partial charge in [0.1, 0.15) is 0 Å². The Labute approximate surface area is 139 Å². The summed E-state index contributed by atoms with van der Waals surface area (Å²) in [4.78, 5) is 3.81. The molecule has 0 aliphatic rings. The van der Waals surface area contributed by atoms with E-state index in [4.69, 9.17) is 0 Å². The number of thioether (sulfide) groups is 3. The first kappa shape index (κ1) is 17.4. The molecule has 0 aliphatic heterocycles. The molecular formula is C12H18S6. The topological polar surface area (TPSA) is 0 Å². The first-order valence-corrected chi connectivity index (χ1v) is 9.75. The second-order valence-electron chi connectivity index (χ2n) is 3.76. The molecule has 18 heavy (non-hydrogen) atoms. The van der Waals surface area contributed by atoms with E-state index in [-0.39, 0.29) is 4.58 Å². The fraction of sp³-hybridized carbons (Fsp3) is 0.500. The van der Waals surface area contributed by atoms with Gasteiger partial charge in [0.25, 0.3) is 0 Å². The van der Waals surface area contributed by atoms with Crippen LogP contribution in [0.1, 0.15) is 20.8 Å².